The average molecular weight is 343 g/mol. The van der Waals surface area contributed by atoms with Gasteiger partial charge in [-0.15, -0.1) is 0 Å². The lowest BCUT2D eigenvalue weighted by Crippen LogP contribution is -2.42. The highest BCUT2D eigenvalue weighted by atomic mass is 79.9. The smallest absolute Gasteiger partial charge is 0.306 e. The van der Waals surface area contributed by atoms with Crippen LogP contribution in [0.3, 0.4) is 0 Å². The molecular weight excluding hydrogens is 328 g/mol. The lowest BCUT2D eigenvalue weighted by Gasteiger charge is -2.30. The fourth-order valence-electron chi connectivity index (χ4n) is 2.25. The third-order valence-electron chi connectivity index (χ3n) is 3.45. The number of hydrogen-bond acceptors (Lipinski definition) is 3. The van der Waals surface area contributed by atoms with Gasteiger partial charge in [0.1, 0.15) is 6.54 Å². The second kappa shape index (κ2) is 6.21. The van der Waals surface area contributed by atoms with Crippen LogP contribution >= 0.6 is 15.9 Å². The van der Waals surface area contributed by atoms with E-state index in [1.54, 1.807) is 17.2 Å². The molecule has 0 aromatic carbocycles. The second-order valence-corrected chi connectivity index (χ2v) is 5.72. The van der Waals surface area contributed by atoms with E-state index in [0.717, 1.165) is 4.47 Å². The quantitative estimate of drug-likeness (QED) is 0.886. The van der Waals surface area contributed by atoms with Crippen LogP contribution in [0, 0.1) is 5.92 Å². The predicted molar refractivity (Wildman–Crippen MR) is 75.3 cm³/mol. The van der Waals surface area contributed by atoms with Gasteiger partial charge in [-0.2, -0.15) is 0 Å². The maximum Gasteiger partial charge on any atom is 0.306 e. The number of amides is 1. The number of aliphatic carboxylic acids is 1. The molecule has 2 heterocycles. The van der Waals surface area contributed by atoms with Gasteiger partial charge in [-0.1, -0.05) is 0 Å². The Labute approximate surface area is 124 Å². The summed E-state index contributed by atoms with van der Waals surface area (Å²) in [6.45, 7) is 0.840. The van der Waals surface area contributed by atoms with E-state index in [4.69, 9.17) is 5.11 Å². The molecule has 2 rings (SSSR count). The van der Waals surface area contributed by atoms with Crippen molar-refractivity contribution in [2.45, 2.75) is 19.4 Å². The minimum atomic E-state index is -0.805. The van der Waals surface area contributed by atoms with Gasteiger partial charge in [-0.3, -0.25) is 14.4 Å². The summed E-state index contributed by atoms with van der Waals surface area (Å²) in [5.41, 5.74) is -0.234. The Morgan fingerprint density at radius 2 is 1.95 bits per heavy atom. The molecular formula is C13H15BrN2O4. The zero-order chi connectivity index (χ0) is 14.7. The van der Waals surface area contributed by atoms with Crippen molar-refractivity contribution in [3.63, 3.8) is 0 Å². The van der Waals surface area contributed by atoms with E-state index in [-0.39, 0.29) is 23.9 Å². The van der Waals surface area contributed by atoms with E-state index in [2.05, 4.69) is 15.9 Å². The van der Waals surface area contributed by atoms with Crippen molar-refractivity contribution < 1.29 is 14.7 Å². The number of rotatable bonds is 3. The first-order chi connectivity index (χ1) is 9.47. The highest BCUT2D eigenvalue weighted by molar-refractivity contribution is 9.10. The molecule has 1 aliphatic rings. The number of carboxylic acid groups (broad SMARTS) is 1. The Kier molecular flexibility index (Phi) is 4.59. The summed E-state index contributed by atoms with van der Waals surface area (Å²) in [6.07, 6.45) is 2.51. The molecule has 0 saturated carbocycles. The lowest BCUT2D eigenvalue weighted by molar-refractivity contribution is -0.145. The van der Waals surface area contributed by atoms with Crippen molar-refractivity contribution in [3.8, 4) is 0 Å². The number of piperidine rings is 1. The molecule has 0 atom stereocenters. The Morgan fingerprint density at radius 3 is 2.55 bits per heavy atom. The number of aromatic nitrogens is 1. The molecule has 0 bridgehead atoms. The Morgan fingerprint density at radius 1 is 1.30 bits per heavy atom. The summed E-state index contributed by atoms with van der Waals surface area (Å²) < 4.78 is 2.07. The summed E-state index contributed by atoms with van der Waals surface area (Å²) in [5.74, 6) is -1.33. The third-order valence-corrected chi connectivity index (χ3v) is 3.92. The third kappa shape index (κ3) is 3.47. The summed E-state index contributed by atoms with van der Waals surface area (Å²) in [4.78, 5) is 36.2. The first-order valence-electron chi connectivity index (χ1n) is 6.34. The SMILES string of the molecule is O=C(O)C1CCN(C(=O)Cn2cc(Br)ccc2=O)CC1. The van der Waals surface area contributed by atoms with Crippen LogP contribution in [0.5, 0.6) is 0 Å². The van der Waals surface area contributed by atoms with E-state index in [1.165, 1.54) is 10.6 Å². The molecule has 0 radical (unpaired) electrons. The Balaban J connectivity index is 1.98. The number of carbonyl (C=O) groups is 2. The van der Waals surface area contributed by atoms with Gasteiger partial charge in [-0.05, 0) is 34.8 Å². The van der Waals surface area contributed by atoms with Gasteiger partial charge in [-0.25, -0.2) is 0 Å². The van der Waals surface area contributed by atoms with Crippen LogP contribution in [0.1, 0.15) is 12.8 Å². The number of halogens is 1. The molecule has 1 saturated heterocycles. The van der Waals surface area contributed by atoms with Crippen LogP contribution in [0.15, 0.2) is 27.6 Å². The number of likely N-dealkylation sites (tertiary alicyclic amines) is 1. The van der Waals surface area contributed by atoms with Crippen LogP contribution < -0.4 is 5.56 Å². The largest absolute Gasteiger partial charge is 0.481 e. The molecule has 1 N–H and O–H groups in total. The van der Waals surface area contributed by atoms with Gasteiger partial charge >= 0.3 is 5.97 Å². The minimum Gasteiger partial charge on any atom is -0.481 e. The van der Waals surface area contributed by atoms with Crippen molar-refractivity contribution in [2.24, 2.45) is 5.92 Å². The van der Waals surface area contributed by atoms with E-state index in [9.17, 15) is 14.4 Å². The molecule has 6 nitrogen and oxygen atoms in total. The van der Waals surface area contributed by atoms with Crippen molar-refractivity contribution in [1.29, 1.82) is 0 Å². The Bertz CT molecular complexity index is 576. The molecule has 0 unspecified atom stereocenters. The topological polar surface area (TPSA) is 79.6 Å². The van der Waals surface area contributed by atoms with Gasteiger partial charge < -0.3 is 14.6 Å². The lowest BCUT2D eigenvalue weighted by atomic mass is 9.97. The normalized spacial score (nSPS) is 16.1. The molecule has 1 aliphatic heterocycles. The van der Waals surface area contributed by atoms with Crippen molar-refractivity contribution in [1.82, 2.24) is 9.47 Å². The van der Waals surface area contributed by atoms with E-state index < -0.39 is 5.97 Å². The minimum absolute atomic E-state index is 0.0178. The second-order valence-electron chi connectivity index (χ2n) is 4.81. The molecule has 0 spiro atoms. The van der Waals surface area contributed by atoms with Gasteiger partial charge in [0.05, 0.1) is 5.92 Å². The van der Waals surface area contributed by atoms with E-state index in [0.29, 0.717) is 25.9 Å². The number of pyridine rings is 1. The molecule has 1 aromatic heterocycles. The van der Waals surface area contributed by atoms with E-state index >= 15 is 0 Å². The summed E-state index contributed by atoms with van der Waals surface area (Å²) in [6, 6.07) is 3.02. The number of nitrogens with zero attached hydrogens (tertiary/aromatic N) is 2. The van der Waals surface area contributed by atoms with Crippen LogP contribution in [0.4, 0.5) is 0 Å². The zero-order valence-electron chi connectivity index (χ0n) is 10.8. The standard InChI is InChI=1S/C13H15BrN2O4/c14-10-1-2-11(17)16(7-10)8-12(18)15-5-3-9(4-6-15)13(19)20/h1-2,7,9H,3-6,8H2,(H,19,20). The van der Waals surface area contributed by atoms with Gasteiger partial charge in [0.15, 0.2) is 0 Å². The summed E-state index contributed by atoms with van der Waals surface area (Å²) >= 11 is 3.26. The molecule has 7 heteroatoms. The fraction of sp³-hybridized carbons (Fsp3) is 0.462. The van der Waals surface area contributed by atoms with Crippen LogP contribution in [-0.2, 0) is 16.1 Å². The number of carboxylic acids is 1. The number of hydrogen-bond donors (Lipinski definition) is 1. The highest BCUT2D eigenvalue weighted by Gasteiger charge is 2.26. The molecule has 1 aromatic rings. The average Bonchev–Trinajstić information content (AvgIpc) is 2.43. The molecule has 108 valence electrons. The number of carbonyl (C=O) groups excluding carboxylic acids is 1. The molecule has 0 aliphatic carbocycles. The monoisotopic (exact) mass is 342 g/mol. The highest BCUT2D eigenvalue weighted by Crippen LogP contribution is 2.17. The first-order valence-corrected chi connectivity index (χ1v) is 7.13. The predicted octanol–water partition coefficient (Wildman–Crippen LogP) is 0.934. The Hall–Kier alpha value is -1.63. The van der Waals surface area contributed by atoms with Gasteiger partial charge in [0.25, 0.3) is 5.56 Å². The maximum atomic E-state index is 12.1. The van der Waals surface area contributed by atoms with E-state index in [1.807, 2.05) is 0 Å². The molecule has 20 heavy (non-hydrogen) atoms. The summed E-state index contributed by atoms with van der Waals surface area (Å²) in [7, 11) is 0. The van der Waals surface area contributed by atoms with Crippen LogP contribution in [0.2, 0.25) is 0 Å². The van der Waals surface area contributed by atoms with Gasteiger partial charge in [0, 0.05) is 29.8 Å². The van der Waals surface area contributed by atoms with Crippen molar-refractivity contribution >= 4 is 27.8 Å². The van der Waals surface area contributed by atoms with Crippen molar-refractivity contribution in [2.75, 3.05) is 13.1 Å². The first kappa shape index (κ1) is 14.8. The fourth-order valence-corrected chi connectivity index (χ4v) is 2.63. The van der Waals surface area contributed by atoms with Crippen LogP contribution in [0.25, 0.3) is 0 Å². The van der Waals surface area contributed by atoms with Crippen molar-refractivity contribution in [3.05, 3.63) is 33.2 Å². The zero-order valence-corrected chi connectivity index (χ0v) is 12.4. The molecule has 1 amide bonds. The summed E-state index contributed by atoms with van der Waals surface area (Å²) in [5, 5.41) is 8.91. The van der Waals surface area contributed by atoms with Gasteiger partial charge in [0.2, 0.25) is 5.91 Å². The van der Waals surface area contributed by atoms with Crippen LogP contribution in [-0.4, -0.2) is 39.5 Å². The molecule has 1 fully saturated rings. The maximum absolute atomic E-state index is 12.1.